The minimum atomic E-state index is -1.46. The molecule has 0 saturated carbocycles. The fourth-order valence-corrected chi connectivity index (χ4v) is 3.05. The maximum Gasteiger partial charge on any atom is 0.188 e. The molecule has 4 nitrogen and oxygen atoms in total. The summed E-state index contributed by atoms with van der Waals surface area (Å²) in [4.78, 5) is 9.41. The first-order valence-electron chi connectivity index (χ1n) is 7.24. The van der Waals surface area contributed by atoms with Crippen LogP contribution in [0.25, 0.3) is 22.4 Å². The van der Waals surface area contributed by atoms with Gasteiger partial charge in [0.2, 0.25) is 0 Å². The molecule has 0 fully saturated rings. The lowest BCUT2D eigenvalue weighted by Gasteiger charge is -2.10. The molecular formula is C18H15ClN2O2S. The summed E-state index contributed by atoms with van der Waals surface area (Å²) in [5.41, 5.74) is 4.48. The normalized spacial score (nSPS) is 12.1. The number of pyridine rings is 2. The molecule has 0 amide bonds. The Hall–Kier alpha value is -2.08. The summed E-state index contributed by atoms with van der Waals surface area (Å²) < 4.78 is 16.5. The van der Waals surface area contributed by atoms with Crippen molar-refractivity contribution in [2.75, 3.05) is 7.11 Å². The van der Waals surface area contributed by atoms with Gasteiger partial charge in [-0.3, -0.25) is 14.2 Å². The molecule has 0 spiro atoms. The Balaban J connectivity index is 2.08. The highest BCUT2D eigenvalue weighted by Gasteiger charge is 2.11. The predicted octanol–water partition coefficient (Wildman–Crippen LogP) is 4.44. The second-order valence-electron chi connectivity index (χ2n) is 5.16. The van der Waals surface area contributed by atoms with Gasteiger partial charge in [-0.25, -0.2) is 4.21 Å². The molecule has 0 radical (unpaired) electrons. The minimum Gasteiger partial charge on any atom is -0.290 e. The fourth-order valence-electron chi connectivity index (χ4n) is 2.34. The highest BCUT2D eigenvalue weighted by Crippen LogP contribution is 2.32. The standard InChI is InChI=1S/C18H15ClN2O2S/c1-12-3-4-14(10-20-12)18-17(9-15(19)11-21-18)13-5-7-16(8-6-13)24(22)23-2/h3-11H,1-2H3. The molecular weight excluding hydrogens is 344 g/mol. The quantitative estimate of drug-likeness (QED) is 0.691. The van der Waals surface area contributed by atoms with E-state index in [1.54, 1.807) is 24.5 Å². The monoisotopic (exact) mass is 358 g/mol. The van der Waals surface area contributed by atoms with Gasteiger partial charge in [-0.1, -0.05) is 23.7 Å². The molecule has 24 heavy (non-hydrogen) atoms. The molecule has 2 heterocycles. The molecule has 0 aliphatic carbocycles. The average molecular weight is 359 g/mol. The van der Waals surface area contributed by atoms with Crippen molar-refractivity contribution in [2.24, 2.45) is 0 Å². The van der Waals surface area contributed by atoms with Crippen LogP contribution in [0.4, 0.5) is 0 Å². The van der Waals surface area contributed by atoms with E-state index in [2.05, 4.69) is 9.97 Å². The SMILES string of the molecule is COS(=O)c1ccc(-c2cc(Cl)cnc2-c2ccc(C)nc2)cc1. The number of nitrogens with zero attached hydrogens (tertiary/aromatic N) is 2. The van der Waals surface area contributed by atoms with Crippen LogP contribution in [0.5, 0.6) is 0 Å². The van der Waals surface area contributed by atoms with Crippen molar-refractivity contribution in [3.05, 3.63) is 65.6 Å². The molecule has 2 aromatic heterocycles. The van der Waals surface area contributed by atoms with Gasteiger partial charge < -0.3 is 0 Å². The number of rotatable bonds is 4. The molecule has 0 aliphatic heterocycles. The second kappa shape index (κ2) is 7.21. The Kier molecular flexibility index (Phi) is 5.04. The van der Waals surface area contributed by atoms with Crippen molar-refractivity contribution in [3.8, 4) is 22.4 Å². The van der Waals surface area contributed by atoms with E-state index < -0.39 is 11.1 Å². The fraction of sp³-hybridized carbons (Fsp3) is 0.111. The van der Waals surface area contributed by atoms with Crippen LogP contribution in [0.3, 0.4) is 0 Å². The van der Waals surface area contributed by atoms with E-state index in [1.807, 2.05) is 37.3 Å². The molecule has 0 aliphatic rings. The highest BCUT2D eigenvalue weighted by atomic mass is 35.5. The lowest BCUT2D eigenvalue weighted by molar-refractivity contribution is 0.446. The van der Waals surface area contributed by atoms with Crippen LogP contribution in [-0.2, 0) is 15.3 Å². The summed E-state index contributed by atoms with van der Waals surface area (Å²) in [7, 11) is 1.41. The first-order valence-corrected chi connectivity index (χ1v) is 8.69. The first kappa shape index (κ1) is 16.8. The minimum absolute atomic E-state index is 0.554. The Bertz CT molecular complexity index is 881. The number of hydrogen-bond donors (Lipinski definition) is 0. The van der Waals surface area contributed by atoms with Crippen molar-refractivity contribution >= 4 is 22.7 Å². The van der Waals surface area contributed by atoms with Gasteiger partial charge >= 0.3 is 0 Å². The Morgan fingerprint density at radius 1 is 1.00 bits per heavy atom. The van der Waals surface area contributed by atoms with Gasteiger partial charge in [0.25, 0.3) is 0 Å². The molecule has 1 unspecified atom stereocenters. The summed E-state index contributed by atoms with van der Waals surface area (Å²) in [6.45, 7) is 1.94. The largest absolute Gasteiger partial charge is 0.290 e. The lowest BCUT2D eigenvalue weighted by atomic mass is 10.0. The number of hydrogen-bond acceptors (Lipinski definition) is 4. The predicted molar refractivity (Wildman–Crippen MR) is 96.1 cm³/mol. The van der Waals surface area contributed by atoms with Crippen LogP contribution >= 0.6 is 11.6 Å². The van der Waals surface area contributed by atoms with E-state index in [9.17, 15) is 4.21 Å². The molecule has 122 valence electrons. The topological polar surface area (TPSA) is 52.1 Å². The Morgan fingerprint density at radius 2 is 1.71 bits per heavy atom. The van der Waals surface area contributed by atoms with Gasteiger partial charge in [0.1, 0.15) is 0 Å². The van der Waals surface area contributed by atoms with Crippen LogP contribution in [0.2, 0.25) is 5.02 Å². The van der Waals surface area contributed by atoms with Gasteiger partial charge in [0.05, 0.1) is 22.7 Å². The van der Waals surface area contributed by atoms with Crippen LogP contribution in [0, 0.1) is 6.92 Å². The van der Waals surface area contributed by atoms with E-state index in [0.29, 0.717) is 9.92 Å². The summed E-state index contributed by atoms with van der Waals surface area (Å²) in [5, 5.41) is 0.554. The summed E-state index contributed by atoms with van der Waals surface area (Å²) in [6.07, 6.45) is 3.41. The van der Waals surface area contributed by atoms with E-state index in [0.717, 1.165) is 28.1 Å². The first-order chi connectivity index (χ1) is 11.6. The maximum absolute atomic E-state index is 11.7. The van der Waals surface area contributed by atoms with E-state index in [4.69, 9.17) is 15.8 Å². The van der Waals surface area contributed by atoms with Gasteiger partial charge in [0.15, 0.2) is 11.1 Å². The molecule has 0 bridgehead atoms. The third-order valence-corrected chi connectivity index (χ3v) is 4.71. The zero-order valence-electron chi connectivity index (χ0n) is 13.2. The molecule has 0 N–H and O–H groups in total. The number of halogens is 1. The Labute approximate surface area is 148 Å². The summed E-state index contributed by atoms with van der Waals surface area (Å²) >= 11 is 4.68. The van der Waals surface area contributed by atoms with Crippen LogP contribution < -0.4 is 0 Å². The van der Waals surface area contributed by atoms with Crippen LogP contribution in [0.1, 0.15) is 5.69 Å². The maximum atomic E-state index is 11.7. The van der Waals surface area contributed by atoms with Gasteiger partial charge in [-0.05, 0) is 42.8 Å². The van der Waals surface area contributed by atoms with Gasteiger partial charge in [-0.2, -0.15) is 0 Å². The van der Waals surface area contributed by atoms with Crippen LogP contribution in [0.15, 0.2) is 59.8 Å². The van der Waals surface area contributed by atoms with Crippen molar-refractivity contribution in [1.29, 1.82) is 0 Å². The molecule has 3 aromatic rings. The molecule has 0 saturated heterocycles. The molecule has 6 heteroatoms. The molecule has 3 rings (SSSR count). The third kappa shape index (κ3) is 3.53. The van der Waals surface area contributed by atoms with Crippen molar-refractivity contribution in [2.45, 2.75) is 11.8 Å². The van der Waals surface area contributed by atoms with Gasteiger partial charge in [-0.15, -0.1) is 0 Å². The van der Waals surface area contributed by atoms with E-state index in [1.165, 1.54) is 7.11 Å². The molecule has 1 aromatic carbocycles. The zero-order chi connectivity index (χ0) is 17.1. The number of aromatic nitrogens is 2. The lowest BCUT2D eigenvalue weighted by Crippen LogP contribution is -1.94. The highest BCUT2D eigenvalue weighted by molar-refractivity contribution is 7.80. The van der Waals surface area contributed by atoms with E-state index >= 15 is 0 Å². The average Bonchev–Trinajstić information content (AvgIpc) is 2.62. The van der Waals surface area contributed by atoms with Gasteiger partial charge in [0, 0.05) is 29.2 Å². The summed E-state index contributed by atoms with van der Waals surface area (Å²) in [5.74, 6) is 0. The molecule has 1 atom stereocenters. The zero-order valence-corrected chi connectivity index (χ0v) is 14.8. The van der Waals surface area contributed by atoms with Crippen molar-refractivity contribution < 1.29 is 8.39 Å². The number of benzene rings is 1. The summed E-state index contributed by atoms with van der Waals surface area (Å²) in [6, 6.07) is 13.1. The second-order valence-corrected chi connectivity index (χ2v) is 6.87. The smallest absolute Gasteiger partial charge is 0.188 e. The van der Waals surface area contributed by atoms with Crippen molar-refractivity contribution in [3.63, 3.8) is 0 Å². The van der Waals surface area contributed by atoms with Crippen molar-refractivity contribution in [1.82, 2.24) is 9.97 Å². The number of aryl methyl sites for hydroxylation is 1. The van der Waals surface area contributed by atoms with Crippen LogP contribution in [-0.4, -0.2) is 21.3 Å². The Morgan fingerprint density at radius 3 is 2.33 bits per heavy atom. The van der Waals surface area contributed by atoms with E-state index in [-0.39, 0.29) is 0 Å². The third-order valence-electron chi connectivity index (χ3n) is 3.55.